The molecule has 0 aromatic heterocycles. The van der Waals surface area contributed by atoms with E-state index < -0.39 is 8.32 Å². The third-order valence-electron chi connectivity index (χ3n) is 3.72. The van der Waals surface area contributed by atoms with Crippen LogP contribution >= 0.6 is 0 Å². The Morgan fingerprint density at radius 1 is 1.18 bits per heavy atom. The maximum absolute atomic E-state index is 6.36. The van der Waals surface area contributed by atoms with Gasteiger partial charge < -0.3 is 4.43 Å². The molecular weight excluding hydrogens is 224 g/mol. The average Bonchev–Trinajstić information content (AvgIpc) is 2.28. The Labute approximate surface area is 107 Å². The van der Waals surface area contributed by atoms with E-state index in [0.717, 1.165) is 11.3 Å². The highest BCUT2D eigenvalue weighted by Crippen LogP contribution is 2.34. The molecule has 0 aliphatic rings. The van der Waals surface area contributed by atoms with E-state index in [1.807, 2.05) is 24.3 Å². The molecule has 0 fully saturated rings. The lowest BCUT2D eigenvalue weighted by Gasteiger charge is -2.35. The maximum Gasteiger partial charge on any atom is 0.253 e. The van der Waals surface area contributed by atoms with Crippen LogP contribution in [0.25, 0.3) is 6.08 Å². The minimum absolute atomic E-state index is 0.606. The third-order valence-corrected chi connectivity index (χ3v) is 8.99. The van der Waals surface area contributed by atoms with E-state index in [1.165, 1.54) is 0 Å². The third kappa shape index (κ3) is 3.22. The molecule has 0 spiro atoms. The van der Waals surface area contributed by atoms with Gasteiger partial charge in [0.2, 0.25) is 0 Å². The van der Waals surface area contributed by atoms with E-state index in [9.17, 15) is 0 Å². The summed E-state index contributed by atoms with van der Waals surface area (Å²) in [5, 5.41) is 0. The topological polar surface area (TPSA) is 9.23 Å². The van der Waals surface area contributed by atoms with Gasteiger partial charge in [-0.25, -0.2) is 0 Å². The molecule has 2 heteroatoms. The summed E-state index contributed by atoms with van der Waals surface area (Å²) in [6, 6.07) is 8.19. The first kappa shape index (κ1) is 14.0. The summed E-state index contributed by atoms with van der Waals surface area (Å²) in [6.07, 6.45) is 1.86. The minimum atomic E-state index is -1.71. The molecule has 0 saturated heterocycles. The van der Waals surface area contributed by atoms with Crippen LogP contribution in [0.4, 0.5) is 0 Å². The summed E-state index contributed by atoms with van der Waals surface area (Å²) < 4.78 is 6.36. The molecule has 1 nitrogen and oxygen atoms in total. The van der Waals surface area contributed by atoms with E-state index in [1.54, 1.807) is 0 Å². The predicted molar refractivity (Wildman–Crippen MR) is 79.0 cm³/mol. The molecule has 0 N–H and O–H groups in total. The van der Waals surface area contributed by atoms with Crippen molar-refractivity contribution in [2.24, 2.45) is 0 Å². The van der Waals surface area contributed by atoms with Gasteiger partial charge in [-0.05, 0) is 35.3 Å². The van der Waals surface area contributed by atoms with E-state index >= 15 is 0 Å². The first-order valence-corrected chi connectivity index (χ1v) is 8.88. The van der Waals surface area contributed by atoms with Gasteiger partial charge in [-0.3, -0.25) is 0 Å². The molecule has 1 aromatic carbocycles. The zero-order valence-electron chi connectivity index (χ0n) is 11.7. The molecule has 0 heterocycles. The zero-order chi connectivity index (χ0) is 13.1. The van der Waals surface area contributed by atoms with Crippen molar-refractivity contribution in [2.75, 3.05) is 0 Å². The Balaban J connectivity index is 2.97. The van der Waals surface area contributed by atoms with E-state index in [0.29, 0.717) is 11.1 Å². The van der Waals surface area contributed by atoms with Gasteiger partial charge in [-0.15, -0.1) is 0 Å². The van der Waals surface area contributed by atoms with Gasteiger partial charge in [0.25, 0.3) is 8.32 Å². The molecule has 0 saturated carbocycles. The molecule has 94 valence electrons. The van der Waals surface area contributed by atoms with Gasteiger partial charge >= 0.3 is 0 Å². The second-order valence-electron chi connectivity index (χ2n) is 5.37. The average molecular weight is 248 g/mol. The molecule has 0 unspecified atom stereocenters. The normalized spacial score (nSPS) is 11.9. The summed E-state index contributed by atoms with van der Waals surface area (Å²) in [7, 11) is -1.71. The van der Waals surface area contributed by atoms with Crippen molar-refractivity contribution in [3.05, 3.63) is 36.4 Å². The summed E-state index contributed by atoms with van der Waals surface area (Å²) in [5.41, 5.74) is 2.33. The van der Waals surface area contributed by atoms with Crippen molar-refractivity contribution in [2.45, 2.75) is 45.3 Å². The zero-order valence-corrected chi connectivity index (χ0v) is 12.7. The fraction of sp³-hybridized carbons (Fsp3) is 0.467. The molecule has 1 rings (SSSR count). The second kappa shape index (κ2) is 5.54. The van der Waals surface area contributed by atoms with Crippen LogP contribution in [0.1, 0.15) is 33.3 Å². The highest BCUT2D eigenvalue weighted by molar-refractivity contribution is 6.75. The lowest BCUT2D eigenvalue weighted by atomic mass is 10.2. The van der Waals surface area contributed by atoms with Crippen LogP contribution in [-0.2, 0) is 0 Å². The predicted octanol–water partition coefficient (Wildman–Crippen LogP) is 5.10. The Morgan fingerprint density at radius 2 is 1.76 bits per heavy atom. The van der Waals surface area contributed by atoms with Crippen molar-refractivity contribution in [1.29, 1.82) is 0 Å². The van der Waals surface area contributed by atoms with Crippen LogP contribution in [0.5, 0.6) is 5.75 Å². The Kier molecular flexibility index (Phi) is 4.58. The lowest BCUT2D eigenvalue weighted by Crippen LogP contribution is -2.44. The van der Waals surface area contributed by atoms with E-state index in [4.69, 9.17) is 4.43 Å². The van der Waals surface area contributed by atoms with Gasteiger partial charge in [-0.2, -0.15) is 0 Å². The Hall–Kier alpha value is -1.02. The summed E-state index contributed by atoms with van der Waals surface area (Å²) in [4.78, 5) is 0. The number of rotatable bonds is 5. The first-order valence-electron chi connectivity index (χ1n) is 6.31. The van der Waals surface area contributed by atoms with Crippen LogP contribution in [0.15, 0.2) is 30.8 Å². The van der Waals surface area contributed by atoms with Crippen LogP contribution in [-0.4, -0.2) is 8.32 Å². The molecule has 0 amide bonds. The molecule has 0 atom stereocenters. The smallest absolute Gasteiger partial charge is 0.253 e. The van der Waals surface area contributed by atoms with Gasteiger partial charge in [0.15, 0.2) is 0 Å². The molecule has 0 bridgehead atoms. The highest BCUT2D eigenvalue weighted by atomic mass is 28.4. The number of benzene rings is 1. The van der Waals surface area contributed by atoms with Crippen molar-refractivity contribution >= 4 is 14.4 Å². The molecule has 0 aliphatic carbocycles. The SMILES string of the molecule is C=Cc1cccc(O[Si](C)(C(C)C)C(C)C)c1. The molecule has 1 aromatic rings. The summed E-state index contributed by atoms with van der Waals surface area (Å²) >= 11 is 0. The van der Waals surface area contributed by atoms with Crippen molar-refractivity contribution in [3.8, 4) is 5.75 Å². The lowest BCUT2D eigenvalue weighted by molar-refractivity contribution is 0.507. The molecular formula is C15H24OSi. The number of hydrogen-bond donors (Lipinski definition) is 0. The maximum atomic E-state index is 6.36. The van der Waals surface area contributed by atoms with E-state index in [2.05, 4.69) is 46.9 Å². The standard InChI is InChI=1S/C15H24OSi/c1-7-14-9-8-10-15(11-14)16-17(6,12(2)3)13(4)5/h7-13H,1H2,2-6H3. The first-order chi connectivity index (χ1) is 7.90. The van der Waals surface area contributed by atoms with Crippen LogP contribution in [0.3, 0.4) is 0 Å². The highest BCUT2D eigenvalue weighted by Gasteiger charge is 2.38. The van der Waals surface area contributed by atoms with Gasteiger partial charge in [0, 0.05) is 0 Å². The van der Waals surface area contributed by atoms with Crippen LogP contribution in [0, 0.1) is 0 Å². The minimum Gasteiger partial charge on any atom is -0.543 e. The Morgan fingerprint density at radius 3 is 2.24 bits per heavy atom. The van der Waals surface area contributed by atoms with Gasteiger partial charge in [-0.1, -0.05) is 52.5 Å². The second-order valence-corrected chi connectivity index (χ2v) is 10.3. The van der Waals surface area contributed by atoms with E-state index in [-0.39, 0.29) is 0 Å². The quantitative estimate of drug-likeness (QED) is 0.658. The monoisotopic (exact) mass is 248 g/mol. The van der Waals surface area contributed by atoms with Crippen LogP contribution in [0.2, 0.25) is 17.6 Å². The summed E-state index contributed by atoms with van der Waals surface area (Å²) in [5.74, 6) is 0.985. The fourth-order valence-corrected chi connectivity index (χ4v) is 4.30. The Bertz CT molecular complexity index is 374. The van der Waals surface area contributed by atoms with Crippen molar-refractivity contribution < 1.29 is 4.43 Å². The summed E-state index contributed by atoms with van der Waals surface area (Å²) in [6.45, 7) is 15.2. The largest absolute Gasteiger partial charge is 0.543 e. The fourth-order valence-electron chi connectivity index (χ4n) is 1.86. The van der Waals surface area contributed by atoms with Gasteiger partial charge in [0.1, 0.15) is 5.75 Å². The van der Waals surface area contributed by atoms with Gasteiger partial charge in [0.05, 0.1) is 0 Å². The number of hydrogen-bond acceptors (Lipinski definition) is 1. The molecule has 0 aliphatic heterocycles. The molecule has 0 radical (unpaired) electrons. The van der Waals surface area contributed by atoms with Crippen molar-refractivity contribution in [1.82, 2.24) is 0 Å². The van der Waals surface area contributed by atoms with Crippen LogP contribution < -0.4 is 4.43 Å². The van der Waals surface area contributed by atoms with Crippen molar-refractivity contribution in [3.63, 3.8) is 0 Å². The molecule has 17 heavy (non-hydrogen) atoms.